The van der Waals surface area contributed by atoms with Crippen LogP contribution in [0.3, 0.4) is 0 Å². The molecule has 0 saturated carbocycles. The Morgan fingerprint density at radius 1 is 1.12 bits per heavy atom. The van der Waals surface area contributed by atoms with Gasteiger partial charge in [-0.1, -0.05) is 12.1 Å². The number of benzene rings is 1. The van der Waals surface area contributed by atoms with E-state index in [1.807, 2.05) is 18.3 Å². The SMILES string of the molecule is O=Cc1cnn2ccc(OCCCCN3CCN(c4cccc5c4OCCC5)CC3)cc12. The Kier molecular flexibility index (Phi) is 6.25. The van der Waals surface area contributed by atoms with E-state index in [2.05, 4.69) is 33.1 Å². The van der Waals surface area contributed by atoms with Gasteiger partial charge in [0.2, 0.25) is 0 Å². The Bertz CT molecular complexity index is 1070. The molecule has 2 aliphatic heterocycles. The Balaban J connectivity index is 1.05. The number of aromatic nitrogens is 2. The summed E-state index contributed by atoms with van der Waals surface area (Å²) >= 11 is 0. The summed E-state index contributed by atoms with van der Waals surface area (Å²) in [6, 6.07) is 10.3. The topological polar surface area (TPSA) is 59.3 Å². The normalized spacial score (nSPS) is 16.6. The summed E-state index contributed by atoms with van der Waals surface area (Å²) in [6.07, 6.45) is 8.58. The van der Waals surface area contributed by atoms with Crippen LogP contribution in [0.5, 0.6) is 11.5 Å². The fourth-order valence-corrected chi connectivity index (χ4v) is 4.62. The Morgan fingerprint density at radius 2 is 2.03 bits per heavy atom. The third-order valence-corrected chi connectivity index (χ3v) is 6.41. The number of unbranched alkanes of at least 4 members (excludes halogenated alkanes) is 1. The number of fused-ring (bicyclic) bond motifs is 2. The fourth-order valence-electron chi connectivity index (χ4n) is 4.62. The number of para-hydroxylation sites is 1. The van der Waals surface area contributed by atoms with E-state index in [0.717, 1.165) is 88.3 Å². The van der Waals surface area contributed by atoms with Crippen LogP contribution in [0.4, 0.5) is 5.69 Å². The van der Waals surface area contributed by atoms with Gasteiger partial charge in [0.15, 0.2) is 6.29 Å². The monoisotopic (exact) mass is 434 g/mol. The highest BCUT2D eigenvalue weighted by molar-refractivity contribution is 5.85. The van der Waals surface area contributed by atoms with Gasteiger partial charge in [-0.3, -0.25) is 9.69 Å². The molecule has 5 rings (SSSR count). The van der Waals surface area contributed by atoms with E-state index in [1.54, 1.807) is 10.7 Å². The van der Waals surface area contributed by atoms with Crippen molar-refractivity contribution < 1.29 is 14.3 Å². The average molecular weight is 435 g/mol. The van der Waals surface area contributed by atoms with Gasteiger partial charge in [-0.05, 0) is 49.9 Å². The van der Waals surface area contributed by atoms with Gasteiger partial charge in [0.05, 0.1) is 36.2 Å². The minimum Gasteiger partial charge on any atom is -0.493 e. The van der Waals surface area contributed by atoms with E-state index < -0.39 is 0 Å². The Labute approximate surface area is 188 Å². The van der Waals surface area contributed by atoms with E-state index in [4.69, 9.17) is 9.47 Å². The second-order valence-electron chi connectivity index (χ2n) is 8.51. The summed E-state index contributed by atoms with van der Waals surface area (Å²) in [5.41, 5.74) is 3.98. The maximum Gasteiger partial charge on any atom is 0.153 e. The molecule has 1 aromatic carbocycles. The molecule has 0 atom stereocenters. The van der Waals surface area contributed by atoms with Crippen LogP contribution in [0, 0.1) is 0 Å². The average Bonchev–Trinajstić information content (AvgIpc) is 3.26. The maximum absolute atomic E-state index is 11.1. The van der Waals surface area contributed by atoms with Crippen LogP contribution in [0.1, 0.15) is 35.2 Å². The highest BCUT2D eigenvalue weighted by atomic mass is 16.5. The summed E-state index contributed by atoms with van der Waals surface area (Å²) in [4.78, 5) is 16.1. The molecular weight excluding hydrogens is 404 g/mol. The van der Waals surface area contributed by atoms with Crippen molar-refractivity contribution in [2.24, 2.45) is 0 Å². The predicted octanol–water partition coefficient (Wildman–Crippen LogP) is 3.45. The largest absolute Gasteiger partial charge is 0.493 e. The van der Waals surface area contributed by atoms with Crippen molar-refractivity contribution in [1.29, 1.82) is 0 Å². The first kappa shape index (κ1) is 20.8. The van der Waals surface area contributed by atoms with Crippen LogP contribution in [0.25, 0.3) is 5.52 Å². The van der Waals surface area contributed by atoms with Gasteiger partial charge in [-0.2, -0.15) is 5.10 Å². The second-order valence-corrected chi connectivity index (χ2v) is 8.51. The van der Waals surface area contributed by atoms with Crippen LogP contribution in [0.2, 0.25) is 0 Å². The number of nitrogens with zero attached hydrogens (tertiary/aromatic N) is 4. The number of anilines is 1. The molecule has 32 heavy (non-hydrogen) atoms. The van der Waals surface area contributed by atoms with E-state index in [9.17, 15) is 4.79 Å². The van der Waals surface area contributed by atoms with Gasteiger partial charge in [-0.15, -0.1) is 0 Å². The summed E-state index contributed by atoms with van der Waals surface area (Å²) < 4.78 is 13.6. The Hall–Kier alpha value is -3.06. The third kappa shape index (κ3) is 4.43. The third-order valence-electron chi connectivity index (χ3n) is 6.41. The molecule has 0 amide bonds. The first-order valence-corrected chi connectivity index (χ1v) is 11.6. The summed E-state index contributed by atoms with van der Waals surface area (Å²) in [6.45, 7) is 6.85. The molecule has 4 heterocycles. The highest BCUT2D eigenvalue weighted by Crippen LogP contribution is 2.35. The number of aryl methyl sites for hydroxylation is 1. The molecule has 0 spiro atoms. The van der Waals surface area contributed by atoms with Crippen molar-refractivity contribution >= 4 is 17.5 Å². The zero-order valence-electron chi connectivity index (χ0n) is 18.4. The van der Waals surface area contributed by atoms with Crippen LogP contribution in [-0.4, -0.2) is 66.7 Å². The summed E-state index contributed by atoms with van der Waals surface area (Å²) in [7, 11) is 0. The van der Waals surface area contributed by atoms with Crippen molar-refractivity contribution in [3.8, 4) is 11.5 Å². The molecule has 7 nitrogen and oxygen atoms in total. The predicted molar refractivity (Wildman–Crippen MR) is 124 cm³/mol. The van der Waals surface area contributed by atoms with E-state index in [-0.39, 0.29) is 0 Å². The number of aldehydes is 1. The molecule has 3 aromatic rings. The molecule has 0 bridgehead atoms. The lowest BCUT2D eigenvalue weighted by Gasteiger charge is -2.37. The molecule has 0 unspecified atom stereocenters. The number of rotatable bonds is 8. The number of ether oxygens (including phenoxy) is 2. The smallest absolute Gasteiger partial charge is 0.153 e. The maximum atomic E-state index is 11.1. The summed E-state index contributed by atoms with van der Waals surface area (Å²) in [5, 5.41) is 4.15. The van der Waals surface area contributed by atoms with Crippen LogP contribution >= 0.6 is 0 Å². The van der Waals surface area contributed by atoms with Crippen molar-refractivity contribution in [3.05, 3.63) is 53.9 Å². The summed E-state index contributed by atoms with van der Waals surface area (Å²) in [5.74, 6) is 1.89. The lowest BCUT2D eigenvalue weighted by molar-refractivity contribution is 0.112. The molecule has 1 saturated heterocycles. The first-order chi connectivity index (χ1) is 15.8. The number of carbonyl (C=O) groups excluding carboxylic acids is 1. The molecule has 0 aliphatic carbocycles. The van der Waals surface area contributed by atoms with E-state index >= 15 is 0 Å². The van der Waals surface area contributed by atoms with Crippen LogP contribution in [-0.2, 0) is 6.42 Å². The lowest BCUT2D eigenvalue weighted by Crippen LogP contribution is -2.46. The first-order valence-electron chi connectivity index (χ1n) is 11.6. The van der Waals surface area contributed by atoms with Gasteiger partial charge in [0, 0.05) is 38.4 Å². The molecule has 168 valence electrons. The van der Waals surface area contributed by atoms with Gasteiger partial charge < -0.3 is 14.4 Å². The highest BCUT2D eigenvalue weighted by Gasteiger charge is 2.22. The number of hydrogen-bond acceptors (Lipinski definition) is 6. The Morgan fingerprint density at radius 3 is 2.91 bits per heavy atom. The molecule has 1 fully saturated rings. The lowest BCUT2D eigenvalue weighted by atomic mass is 10.0. The quantitative estimate of drug-likeness (QED) is 0.400. The molecular formula is C25H30N4O3. The molecule has 7 heteroatoms. The molecule has 0 N–H and O–H groups in total. The van der Waals surface area contributed by atoms with E-state index in [1.165, 1.54) is 11.3 Å². The van der Waals surface area contributed by atoms with E-state index in [0.29, 0.717) is 12.2 Å². The van der Waals surface area contributed by atoms with Gasteiger partial charge in [0.25, 0.3) is 0 Å². The zero-order chi connectivity index (χ0) is 21.8. The standard InChI is InChI=1S/C25H30N4O3/c30-19-21-18-26-29-10-8-22(17-24(21)29)31-15-2-1-9-27-11-13-28(14-12-27)23-7-3-5-20-6-4-16-32-25(20)23/h3,5,7-8,10,17-19H,1-2,4,6,9,11-16H2. The fraction of sp³-hybridized carbons (Fsp3) is 0.440. The van der Waals surface area contributed by atoms with Crippen molar-refractivity contribution in [2.45, 2.75) is 25.7 Å². The van der Waals surface area contributed by atoms with Gasteiger partial charge in [0.1, 0.15) is 11.5 Å². The van der Waals surface area contributed by atoms with Gasteiger partial charge in [-0.25, -0.2) is 4.52 Å². The van der Waals surface area contributed by atoms with Crippen molar-refractivity contribution in [3.63, 3.8) is 0 Å². The number of carbonyl (C=O) groups is 1. The zero-order valence-corrected chi connectivity index (χ0v) is 18.4. The van der Waals surface area contributed by atoms with Crippen molar-refractivity contribution in [2.75, 3.05) is 50.8 Å². The van der Waals surface area contributed by atoms with Crippen LogP contribution < -0.4 is 14.4 Å². The second kappa shape index (κ2) is 9.61. The van der Waals surface area contributed by atoms with Gasteiger partial charge >= 0.3 is 0 Å². The number of pyridine rings is 1. The number of piperazine rings is 1. The van der Waals surface area contributed by atoms with Crippen LogP contribution in [0.15, 0.2) is 42.7 Å². The molecule has 2 aromatic heterocycles. The molecule has 0 radical (unpaired) electrons. The number of hydrogen-bond donors (Lipinski definition) is 0. The minimum absolute atomic E-state index is 0.581. The minimum atomic E-state index is 0.581. The van der Waals surface area contributed by atoms with Crippen molar-refractivity contribution in [1.82, 2.24) is 14.5 Å². The molecule has 2 aliphatic rings.